The Balaban J connectivity index is 2.46. The molecule has 0 bridgehead atoms. The first-order valence-corrected chi connectivity index (χ1v) is 10.4. The fourth-order valence-corrected chi connectivity index (χ4v) is 4.89. The van der Waals surface area contributed by atoms with Gasteiger partial charge in [-0.25, -0.2) is 0 Å². The van der Waals surface area contributed by atoms with Crippen LogP contribution in [0.4, 0.5) is 0 Å². The van der Waals surface area contributed by atoms with E-state index in [4.69, 9.17) is 18.0 Å². The number of ether oxygens (including phenoxy) is 1. The molecule has 0 saturated heterocycles. The molecule has 0 fully saturated rings. The molecule has 1 atom stereocenters. The van der Waals surface area contributed by atoms with E-state index in [0.29, 0.717) is 18.0 Å². The number of carbonyl (C=O) groups is 1. The Labute approximate surface area is 156 Å². The molecular formula is C20H26O5Si. The molecule has 6 heteroatoms. The van der Waals surface area contributed by atoms with Crippen LogP contribution in [0.1, 0.15) is 22.3 Å². The number of methoxy groups -OCH3 is 1. The van der Waals surface area contributed by atoms with Gasteiger partial charge in [-0.1, -0.05) is 60.7 Å². The van der Waals surface area contributed by atoms with Crippen LogP contribution < -0.4 is 0 Å². The summed E-state index contributed by atoms with van der Waals surface area (Å²) in [7, 11) is 3.40. The normalized spacial score (nSPS) is 14.0. The van der Waals surface area contributed by atoms with Crippen molar-refractivity contribution in [1.82, 2.24) is 0 Å². The summed E-state index contributed by atoms with van der Waals surface area (Å²) in [6.07, 6.45) is 0.378. The Morgan fingerprint density at radius 3 is 1.81 bits per heavy atom. The SMILES string of the molecule is COC(CC[Si](OC)(OC)OC)(C(=O)c1ccccc1)c1ccccc1. The molecule has 0 heterocycles. The molecule has 0 radical (unpaired) electrons. The standard InChI is InChI=1S/C20H26O5Si/c1-22-20(18-13-9-6-10-14-18,15-16-26(23-2,24-3)25-4)19(21)17-11-7-5-8-12-17/h5-14H,15-16H2,1-4H3. The molecule has 0 spiro atoms. The van der Waals surface area contributed by atoms with E-state index in [1.807, 2.05) is 48.5 Å². The Morgan fingerprint density at radius 1 is 0.846 bits per heavy atom. The van der Waals surface area contributed by atoms with Gasteiger partial charge in [0.2, 0.25) is 0 Å². The summed E-state index contributed by atoms with van der Waals surface area (Å²) in [5.74, 6) is -0.0991. The largest absolute Gasteiger partial charge is 0.500 e. The monoisotopic (exact) mass is 374 g/mol. The molecule has 0 aliphatic rings. The molecule has 140 valence electrons. The maximum atomic E-state index is 13.4. The predicted molar refractivity (Wildman–Crippen MR) is 102 cm³/mol. The Kier molecular flexibility index (Phi) is 7.25. The van der Waals surface area contributed by atoms with Gasteiger partial charge < -0.3 is 18.0 Å². The Hall–Kier alpha value is -1.83. The number of carbonyl (C=O) groups excluding carboxylic acids is 1. The molecule has 0 aromatic heterocycles. The number of hydrogen-bond acceptors (Lipinski definition) is 5. The molecule has 2 aromatic rings. The molecule has 0 saturated carbocycles. The number of benzene rings is 2. The third-order valence-electron chi connectivity index (χ3n) is 4.71. The van der Waals surface area contributed by atoms with E-state index in [2.05, 4.69) is 0 Å². The van der Waals surface area contributed by atoms with Gasteiger partial charge in [0.15, 0.2) is 11.4 Å². The van der Waals surface area contributed by atoms with Crippen LogP contribution in [0.5, 0.6) is 0 Å². The summed E-state index contributed by atoms with van der Waals surface area (Å²) < 4.78 is 22.5. The zero-order valence-electron chi connectivity index (χ0n) is 15.7. The summed E-state index contributed by atoms with van der Waals surface area (Å²) in [5, 5.41) is 0. The second-order valence-electron chi connectivity index (χ2n) is 5.89. The van der Waals surface area contributed by atoms with Gasteiger partial charge in [0, 0.05) is 40.0 Å². The lowest BCUT2D eigenvalue weighted by Gasteiger charge is -2.34. The number of Topliss-reactive ketones (excluding diaryl/α,β-unsaturated/α-hetero) is 1. The third kappa shape index (κ3) is 4.11. The van der Waals surface area contributed by atoms with Crippen molar-refractivity contribution in [3.05, 3.63) is 71.8 Å². The van der Waals surface area contributed by atoms with Crippen molar-refractivity contribution in [1.29, 1.82) is 0 Å². The lowest BCUT2D eigenvalue weighted by atomic mass is 9.83. The van der Waals surface area contributed by atoms with Crippen LogP contribution in [-0.2, 0) is 23.6 Å². The van der Waals surface area contributed by atoms with E-state index in [-0.39, 0.29) is 5.78 Å². The lowest BCUT2D eigenvalue weighted by Crippen LogP contribution is -2.46. The lowest BCUT2D eigenvalue weighted by molar-refractivity contribution is -0.00684. The topological polar surface area (TPSA) is 54.0 Å². The predicted octanol–water partition coefficient (Wildman–Crippen LogP) is 3.68. The van der Waals surface area contributed by atoms with Gasteiger partial charge in [0.05, 0.1) is 0 Å². The number of hydrogen-bond donors (Lipinski definition) is 0. The van der Waals surface area contributed by atoms with Crippen molar-refractivity contribution in [2.24, 2.45) is 0 Å². The highest BCUT2D eigenvalue weighted by molar-refractivity contribution is 6.60. The van der Waals surface area contributed by atoms with E-state index >= 15 is 0 Å². The average molecular weight is 375 g/mol. The van der Waals surface area contributed by atoms with Crippen LogP contribution in [0.25, 0.3) is 0 Å². The van der Waals surface area contributed by atoms with Gasteiger partial charge in [-0.15, -0.1) is 0 Å². The minimum atomic E-state index is -2.86. The minimum Gasteiger partial charge on any atom is -0.377 e. The molecule has 0 N–H and O–H groups in total. The zero-order chi connectivity index (χ0) is 19.0. The molecule has 0 amide bonds. The molecule has 26 heavy (non-hydrogen) atoms. The quantitative estimate of drug-likeness (QED) is 0.469. The van der Waals surface area contributed by atoms with E-state index < -0.39 is 14.4 Å². The highest BCUT2D eigenvalue weighted by atomic mass is 28.4. The fraction of sp³-hybridized carbons (Fsp3) is 0.350. The highest BCUT2D eigenvalue weighted by Crippen LogP contribution is 2.36. The Morgan fingerprint density at radius 2 is 1.35 bits per heavy atom. The molecule has 5 nitrogen and oxygen atoms in total. The Bertz CT molecular complexity index is 680. The van der Waals surface area contributed by atoms with Crippen LogP contribution >= 0.6 is 0 Å². The summed E-state index contributed by atoms with van der Waals surface area (Å²) in [6.45, 7) is 0. The first-order chi connectivity index (χ1) is 12.6. The number of rotatable bonds is 10. The summed E-state index contributed by atoms with van der Waals surface area (Å²) in [6, 6.07) is 19.1. The maximum Gasteiger partial charge on any atom is 0.500 e. The average Bonchev–Trinajstić information content (AvgIpc) is 2.73. The van der Waals surface area contributed by atoms with Crippen molar-refractivity contribution in [3.8, 4) is 0 Å². The van der Waals surface area contributed by atoms with Gasteiger partial charge in [0.1, 0.15) is 0 Å². The molecule has 2 rings (SSSR count). The van der Waals surface area contributed by atoms with Crippen LogP contribution in [0, 0.1) is 0 Å². The van der Waals surface area contributed by atoms with E-state index in [1.165, 1.54) is 0 Å². The van der Waals surface area contributed by atoms with Gasteiger partial charge in [-0.2, -0.15) is 0 Å². The smallest absolute Gasteiger partial charge is 0.377 e. The maximum absolute atomic E-state index is 13.4. The van der Waals surface area contributed by atoms with E-state index in [1.54, 1.807) is 40.6 Å². The second-order valence-corrected chi connectivity index (χ2v) is 8.98. The highest BCUT2D eigenvalue weighted by Gasteiger charge is 2.46. The van der Waals surface area contributed by atoms with Crippen LogP contribution in [0.15, 0.2) is 60.7 Å². The summed E-state index contributed by atoms with van der Waals surface area (Å²) in [5.41, 5.74) is 0.247. The van der Waals surface area contributed by atoms with Crippen molar-refractivity contribution < 1.29 is 22.8 Å². The van der Waals surface area contributed by atoms with Crippen molar-refractivity contribution in [2.75, 3.05) is 28.4 Å². The molecule has 2 aromatic carbocycles. The van der Waals surface area contributed by atoms with Crippen LogP contribution in [0.2, 0.25) is 6.04 Å². The second kappa shape index (κ2) is 9.20. The summed E-state index contributed by atoms with van der Waals surface area (Å²) in [4.78, 5) is 13.4. The van der Waals surface area contributed by atoms with E-state index in [0.717, 1.165) is 5.56 Å². The van der Waals surface area contributed by atoms with Crippen molar-refractivity contribution >= 4 is 14.6 Å². The molecule has 0 aliphatic carbocycles. The van der Waals surface area contributed by atoms with E-state index in [9.17, 15) is 4.79 Å². The number of ketones is 1. The summed E-state index contributed by atoms with van der Waals surface area (Å²) >= 11 is 0. The molecule has 1 unspecified atom stereocenters. The van der Waals surface area contributed by atoms with Gasteiger partial charge >= 0.3 is 8.80 Å². The van der Waals surface area contributed by atoms with Crippen LogP contribution in [-0.4, -0.2) is 43.0 Å². The van der Waals surface area contributed by atoms with Gasteiger partial charge in [-0.05, 0) is 12.0 Å². The van der Waals surface area contributed by atoms with Crippen molar-refractivity contribution in [3.63, 3.8) is 0 Å². The third-order valence-corrected chi connectivity index (χ3v) is 7.44. The van der Waals surface area contributed by atoms with Crippen molar-refractivity contribution in [2.45, 2.75) is 18.1 Å². The zero-order valence-corrected chi connectivity index (χ0v) is 16.7. The molecular weight excluding hydrogens is 348 g/mol. The van der Waals surface area contributed by atoms with Crippen LogP contribution in [0.3, 0.4) is 0 Å². The first kappa shape index (κ1) is 20.5. The molecule has 0 aliphatic heterocycles. The fourth-order valence-electron chi connectivity index (χ4n) is 3.12. The van der Waals surface area contributed by atoms with Gasteiger partial charge in [0.25, 0.3) is 0 Å². The van der Waals surface area contributed by atoms with Gasteiger partial charge in [-0.3, -0.25) is 4.79 Å². The first-order valence-electron chi connectivity index (χ1n) is 8.43. The minimum absolute atomic E-state index is 0.0991.